The van der Waals surface area contributed by atoms with E-state index in [9.17, 15) is 14.4 Å². The third-order valence-corrected chi connectivity index (χ3v) is 7.19. The number of ether oxygens (including phenoxy) is 3. The first-order chi connectivity index (χ1) is 18.2. The van der Waals surface area contributed by atoms with Crippen molar-refractivity contribution in [3.8, 4) is 11.5 Å². The number of carbonyl (C=O) groups is 1. The van der Waals surface area contributed by atoms with E-state index in [4.69, 9.17) is 14.2 Å². The molecule has 2 aromatic heterocycles. The SMILES string of the molecule is COC(=O)C[C@H](c1cc2ccc(OC)cc2[nH]c1=O)c1c(Cc2ccc3c(c2)CCC(C)(C)O3)[nH][nH]c1=O. The van der Waals surface area contributed by atoms with Crippen molar-refractivity contribution in [2.24, 2.45) is 0 Å². The van der Waals surface area contributed by atoms with Crippen molar-refractivity contribution >= 4 is 16.9 Å². The van der Waals surface area contributed by atoms with Crippen molar-refractivity contribution in [1.82, 2.24) is 15.2 Å². The number of nitrogens with one attached hydrogen (secondary N) is 3. The van der Waals surface area contributed by atoms with Gasteiger partial charge in [0.05, 0.1) is 26.2 Å². The predicted molar refractivity (Wildman–Crippen MR) is 143 cm³/mol. The maximum atomic E-state index is 13.2. The number of esters is 1. The summed E-state index contributed by atoms with van der Waals surface area (Å²) in [5, 5.41) is 6.39. The lowest BCUT2D eigenvalue weighted by Crippen LogP contribution is -2.32. The minimum atomic E-state index is -0.815. The van der Waals surface area contributed by atoms with Crippen LogP contribution in [0.1, 0.15) is 60.6 Å². The van der Waals surface area contributed by atoms with Gasteiger partial charge in [0.1, 0.15) is 17.1 Å². The Morgan fingerprint density at radius 2 is 1.87 bits per heavy atom. The van der Waals surface area contributed by atoms with Crippen LogP contribution in [0.15, 0.2) is 52.1 Å². The van der Waals surface area contributed by atoms with Gasteiger partial charge in [-0.1, -0.05) is 12.1 Å². The van der Waals surface area contributed by atoms with Gasteiger partial charge in [-0.05, 0) is 67.5 Å². The number of pyridine rings is 1. The molecule has 2 aromatic carbocycles. The van der Waals surface area contributed by atoms with Crippen LogP contribution in [0, 0.1) is 0 Å². The molecule has 9 heteroatoms. The summed E-state index contributed by atoms with van der Waals surface area (Å²) in [5.41, 5.74) is 2.98. The van der Waals surface area contributed by atoms with Crippen molar-refractivity contribution in [3.63, 3.8) is 0 Å². The Bertz CT molecular complexity index is 1630. The summed E-state index contributed by atoms with van der Waals surface area (Å²) in [6.07, 6.45) is 2.05. The Morgan fingerprint density at radius 3 is 2.63 bits per heavy atom. The molecular formula is C29H31N3O6. The van der Waals surface area contributed by atoms with Gasteiger partial charge in [-0.3, -0.25) is 19.5 Å². The molecule has 5 rings (SSSR count). The number of hydrogen-bond acceptors (Lipinski definition) is 6. The van der Waals surface area contributed by atoms with Gasteiger partial charge in [0.15, 0.2) is 0 Å². The number of benzene rings is 2. The molecule has 0 spiro atoms. The maximum Gasteiger partial charge on any atom is 0.306 e. The van der Waals surface area contributed by atoms with Crippen LogP contribution >= 0.6 is 0 Å². The van der Waals surface area contributed by atoms with Crippen molar-refractivity contribution in [2.45, 2.75) is 51.0 Å². The van der Waals surface area contributed by atoms with E-state index in [0.717, 1.165) is 35.1 Å². The van der Waals surface area contributed by atoms with Crippen LogP contribution in [0.3, 0.4) is 0 Å². The molecule has 0 radical (unpaired) electrons. The third-order valence-electron chi connectivity index (χ3n) is 7.19. The Morgan fingerprint density at radius 1 is 1.05 bits per heavy atom. The minimum Gasteiger partial charge on any atom is -0.497 e. The first kappa shape index (κ1) is 25.4. The van der Waals surface area contributed by atoms with Crippen LogP contribution in [-0.4, -0.2) is 41.0 Å². The smallest absolute Gasteiger partial charge is 0.306 e. The van der Waals surface area contributed by atoms with E-state index < -0.39 is 11.9 Å². The number of fused-ring (bicyclic) bond motifs is 2. The zero-order chi connectivity index (χ0) is 27.0. The first-order valence-corrected chi connectivity index (χ1v) is 12.6. The second-order valence-corrected chi connectivity index (χ2v) is 10.3. The molecular weight excluding hydrogens is 486 g/mol. The molecule has 0 aliphatic carbocycles. The zero-order valence-corrected chi connectivity index (χ0v) is 21.9. The standard InChI is InChI=1S/C29H31N3O6/c1-29(2)10-9-18-11-16(5-8-24(18)38-29)12-23-26(28(35)32-31-23)20(15-25(33)37-4)21-13-17-6-7-19(36-3)14-22(17)30-27(21)34/h5-8,11,13-14,20H,9-10,12,15H2,1-4H3,(H,30,34)(H2,31,32,35)/t20-/m1/s1. The van der Waals surface area contributed by atoms with Crippen LogP contribution in [-0.2, 0) is 22.4 Å². The molecule has 3 heterocycles. The number of rotatable bonds is 7. The van der Waals surface area contributed by atoms with Crippen molar-refractivity contribution in [1.29, 1.82) is 0 Å². The molecule has 9 nitrogen and oxygen atoms in total. The highest BCUT2D eigenvalue weighted by atomic mass is 16.5. The molecule has 0 fully saturated rings. The molecule has 38 heavy (non-hydrogen) atoms. The lowest BCUT2D eigenvalue weighted by Gasteiger charge is -2.32. The van der Waals surface area contributed by atoms with Crippen molar-refractivity contribution in [3.05, 3.63) is 91.1 Å². The van der Waals surface area contributed by atoms with Gasteiger partial charge >= 0.3 is 5.97 Å². The van der Waals surface area contributed by atoms with Gasteiger partial charge in [0, 0.05) is 35.2 Å². The number of H-pyrrole nitrogens is 3. The second-order valence-electron chi connectivity index (χ2n) is 10.3. The van der Waals surface area contributed by atoms with Gasteiger partial charge in [-0.25, -0.2) is 0 Å². The van der Waals surface area contributed by atoms with E-state index in [0.29, 0.717) is 34.5 Å². The van der Waals surface area contributed by atoms with Crippen molar-refractivity contribution in [2.75, 3.05) is 14.2 Å². The fraction of sp³-hybridized carbons (Fsp3) is 0.345. The van der Waals surface area contributed by atoms with Gasteiger partial charge in [-0.2, -0.15) is 0 Å². The van der Waals surface area contributed by atoms with E-state index in [2.05, 4.69) is 35.1 Å². The summed E-state index contributed by atoms with van der Waals surface area (Å²) in [6, 6.07) is 13.1. The van der Waals surface area contributed by atoms with Gasteiger partial charge in [-0.15, -0.1) is 0 Å². The van der Waals surface area contributed by atoms with Crippen LogP contribution in [0.5, 0.6) is 11.5 Å². The second kappa shape index (κ2) is 9.89. The monoisotopic (exact) mass is 517 g/mol. The Hall–Kier alpha value is -4.27. The molecule has 1 aliphatic rings. The van der Waals surface area contributed by atoms with E-state index in [1.807, 2.05) is 18.2 Å². The largest absolute Gasteiger partial charge is 0.497 e. The van der Waals surface area contributed by atoms with Gasteiger partial charge in [0.25, 0.3) is 11.1 Å². The Balaban J connectivity index is 1.56. The molecule has 0 amide bonds. The molecule has 3 N–H and O–H groups in total. The van der Waals surface area contributed by atoms with Gasteiger partial charge in [0.2, 0.25) is 0 Å². The molecule has 0 unspecified atom stereocenters. The van der Waals surface area contributed by atoms with Crippen LogP contribution in [0.4, 0.5) is 0 Å². The minimum absolute atomic E-state index is 0.164. The van der Waals surface area contributed by atoms with E-state index in [1.165, 1.54) is 7.11 Å². The quantitative estimate of drug-likeness (QED) is 0.319. The number of carbonyl (C=O) groups excluding carboxylic acids is 1. The summed E-state index contributed by atoms with van der Waals surface area (Å²) >= 11 is 0. The molecule has 198 valence electrons. The normalized spacial score (nSPS) is 14.9. The van der Waals surface area contributed by atoms with Gasteiger partial charge < -0.3 is 24.3 Å². The molecule has 0 saturated heterocycles. The van der Waals surface area contributed by atoms with E-state index in [1.54, 1.807) is 25.3 Å². The topological polar surface area (TPSA) is 126 Å². The Labute approximate surface area is 219 Å². The fourth-order valence-corrected chi connectivity index (χ4v) is 5.14. The molecule has 4 aromatic rings. The molecule has 1 atom stereocenters. The number of methoxy groups -OCH3 is 2. The number of hydrogen-bond donors (Lipinski definition) is 3. The maximum absolute atomic E-state index is 13.2. The summed E-state index contributed by atoms with van der Waals surface area (Å²) in [5.74, 6) is 0.139. The third kappa shape index (κ3) is 4.96. The van der Waals surface area contributed by atoms with Crippen molar-refractivity contribution < 1.29 is 19.0 Å². The fourth-order valence-electron chi connectivity index (χ4n) is 5.14. The van der Waals surface area contributed by atoms with E-state index >= 15 is 0 Å². The highest BCUT2D eigenvalue weighted by molar-refractivity contribution is 5.81. The summed E-state index contributed by atoms with van der Waals surface area (Å²) < 4.78 is 16.3. The van der Waals surface area contributed by atoms with E-state index in [-0.39, 0.29) is 23.1 Å². The number of aryl methyl sites for hydroxylation is 1. The predicted octanol–water partition coefficient (Wildman–Crippen LogP) is 3.94. The lowest BCUT2D eigenvalue weighted by atomic mass is 9.87. The molecule has 0 saturated carbocycles. The summed E-state index contributed by atoms with van der Waals surface area (Å²) in [6.45, 7) is 4.15. The summed E-state index contributed by atoms with van der Waals surface area (Å²) in [7, 11) is 2.84. The first-order valence-electron chi connectivity index (χ1n) is 12.6. The van der Waals surface area contributed by atoms with Crippen LogP contribution in [0.25, 0.3) is 10.9 Å². The summed E-state index contributed by atoms with van der Waals surface area (Å²) in [4.78, 5) is 41.7. The van der Waals surface area contributed by atoms with Crippen LogP contribution < -0.4 is 20.6 Å². The number of aromatic amines is 3. The Kier molecular flexibility index (Phi) is 6.60. The molecule has 0 bridgehead atoms. The highest BCUT2D eigenvalue weighted by Crippen LogP contribution is 2.35. The average Bonchev–Trinajstić information content (AvgIpc) is 3.25. The lowest BCUT2D eigenvalue weighted by molar-refractivity contribution is -0.140. The number of aromatic nitrogens is 3. The zero-order valence-electron chi connectivity index (χ0n) is 21.9. The average molecular weight is 518 g/mol. The highest BCUT2D eigenvalue weighted by Gasteiger charge is 2.29. The van der Waals surface area contributed by atoms with Crippen LogP contribution in [0.2, 0.25) is 0 Å². The molecule has 1 aliphatic heterocycles.